The minimum absolute atomic E-state index is 0.0263. The highest BCUT2D eigenvalue weighted by molar-refractivity contribution is 5.94. The fraction of sp³-hybridized carbons (Fsp3) is 0.467. The molecular formula is C30H30F3N3O6. The molecule has 0 saturated heterocycles. The highest BCUT2D eigenvalue weighted by Crippen LogP contribution is 2.46. The predicted molar refractivity (Wildman–Crippen MR) is 144 cm³/mol. The fourth-order valence-electron chi connectivity index (χ4n) is 6.58. The third kappa shape index (κ3) is 3.77. The van der Waals surface area contributed by atoms with Gasteiger partial charge in [-0.2, -0.15) is 0 Å². The van der Waals surface area contributed by atoms with E-state index in [0.717, 1.165) is 6.92 Å². The molecule has 9 nitrogen and oxygen atoms in total. The van der Waals surface area contributed by atoms with Gasteiger partial charge in [0.25, 0.3) is 12.0 Å². The molecule has 0 radical (unpaired) electrons. The average Bonchev–Trinajstić information content (AvgIpc) is 3.33. The summed E-state index contributed by atoms with van der Waals surface area (Å²) in [5, 5.41) is 23.9. The number of cyclic esters (lactones) is 1. The van der Waals surface area contributed by atoms with Crippen LogP contribution >= 0.6 is 0 Å². The molecule has 1 aliphatic carbocycles. The molecule has 222 valence electrons. The van der Waals surface area contributed by atoms with Gasteiger partial charge in [-0.25, -0.2) is 22.9 Å². The lowest BCUT2D eigenvalue weighted by molar-refractivity contribution is -0.172. The van der Waals surface area contributed by atoms with Crippen molar-refractivity contribution in [2.24, 2.45) is 5.41 Å². The Balaban J connectivity index is 1.58. The van der Waals surface area contributed by atoms with Gasteiger partial charge in [0.05, 0.1) is 35.1 Å². The van der Waals surface area contributed by atoms with E-state index in [4.69, 9.17) is 9.72 Å². The Morgan fingerprint density at radius 2 is 2.02 bits per heavy atom. The maximum absolute atomic E-state index is 15.1. The number of carbonyl (C=O) groups is 2. The number of ether oxygens (including phenoxy) is 1. The number of hydrogen-bond donors (Lipinski definition) is 3. The van der Waals surface area contributed by atoms with Gasteiger partial charge in [-0.05, 0) is 62.3 Å². The first-order valence-electron chi connectivity index (χ1n) is 13.9. The molecule has 3 atom stereocenters. The van der Waals surface area contributed by atoms with Crippen molar-refractivity contribution in [2.45, 2.75) is 77.7 Å². The molecule has 3 N–H and O–H groups in total. The normalized spacial score (nSPS) is 21.9. The first-order valence-corrected chi connectivity index (χ1v) is 13.9. The zero-order valence-corrected chi connectivity index (χ0v) is 23.3. The van der Waals surface area contributed by atoms with E-state index in [1.807, 2.05) is 0 Å². The van der Waals surface area contributed by atoms with E-state index in [2.05, 4.69) is 5.32 Å². The lowest BCUT2D eigenvalue weighted by atomic mass is 9.80. The molecule has 1 aromatic carbocycles. The van der Waals surface area contributed by atoms with E-state index in [-0.39, 0.29) is 42.6 Å². The molecule has 2 aromatic heterocycles. The minimum atomic E-state index is -3.03. The third-order valence-corrected chi connectivity index (χ3v) is 9.31. The Kier molecular flexibility index (Phi) is 6.50. The van der Waals surface area contributed by atoms with Gasteiger partial charge in [-0.3, -0.25) is 9.59 Å². The molecule has 1 amide bonds. The minimum Gasteiger partial charge on any atom is -0.458 e. The Labute approximate surface area is 238 Å². The molecule has 3 aliphatic rings. The van der Waals surface area contributed by atoms with Crippen molar-refractivity contribution in [3.8, 4) is 11.4 Å². The van der Waals surface area contributed by atoms with Crippen LogP contribution in [0.1, 0.15) is 72.5 Å². The second-order valence-electron chi connectivity index (χ2n) is 11.6. The Bertz CT molecular complexity index is 1760. The van der Waals surface area contributed by atoms with Gasteiger partial charge in [0.1, 0.15) is 17.8 Å². The number of nitrogens with one attached hydrogen (secondary N) is 1. The number of esters is 1. The molecule has 2 aliphatic heterocycles. The molecule has 12 heteroatoms. The number of pyridine rings is 2. The van der Waals surface area contributed by atoms with E-state index in [0.29, 0.717) is 45.4 Å². The number of benzene rings is 1. The molecule has 0 bridgehead atoms. The van der Waals surface area contributed by atoms with E-state index in [9.17, 15) is 33.4 Å². The van der Waals surface area contributed by atoms with Gasteiger partial charge in [0.15, 0.2) is 5.60 Å². The highest BCUT2D eigenvalue weighted by atomic mass is 19.3. The molecule has 6 rings (SSSR count). The van der Waals surface area contributed by atoms with Crippen molar-refractivity contribution in [3.05, 3.63) is 61.7 Å². The average molecular weight is 586 g/mol. The van der Waals surface area contributed by atoms with Crippen LogP contribution in [0.4, 0.5) is 13.2 Å². The van der Waals surface area contributed by atoms with Crippen LogP contribution in [0.25, 0.3) is 22.3 Å². The number of aliphatic hydroxyl groups excluding tert-OH is 1. The van der Waals surface area contributed by atoms with E-state index < -0.39 is 59.8 Å². The number of carbonyl (C=O) groups excluding carboxylic acids is 2. The van der Waals surface area contributed by atoms with Gasteiger partial charge in [0.2, 0.25) is 5.91 Å². The predicted octanol–water partition coefficient (Wildman–Crippen LogP) is 3.28. The van der Waals surface area contributed by atoms with Crippen LogP contribution in [-0.4, -0.2) is 44.7 Å². The SMILES string of the molecule is CC[C@@]1(O)C(=O)OCc2c1cc1n(c2=O)Cc2c-1nc1cc(F)c(C)c3c1c2[C@@H](NC(=O)C(C)(CCO)C(F)F)CC3. The summed E-state index contributed by atoms with van der Waals surface area (Å²) in [6, 6.07) is 2.05. The smallest absolute Gasteiger partial charge is 0.343 e. The van der Waals surface area contributed by atoms with Gasteiger partial charge in [0, 0.05) is 29.2 Å². The summed E-state index contributed by atoms with van der Waals surface area (Å²) in [6.07, 6.45) is -2.87. The van der Waals surface area contributed by atoms with E-state index in [1.54, 1.807) is 13.8 Å². The van der Waals surface area contributed by atoms with Gasteiger partial charge < -0.3 is 24.8 Å². The van der Waals surface area contributed by atoms with Crippen LogP contribution in [0.3, 0.4) is 0 Å². The van der Waals surface area contributed by atoms with Crippen LogP contribution in [0, 0.1) is 18.2 Å². The zero-order valence-electron chi connectivity index (χ0n) is 23.3. The van der Waals surface area contributed by atoms with Crippen molar-refractivity contribution in [3.63, 3.8) is 0 Å². The summed E-state index contributed by atoms with van der Waals surface area (Å²) in [4.78, 5) is 44.3. The first kappa shape index (κ1) is 28.4. The largest absolute Gasteiger partial charge is 0.458 e. The number of aromatic nitrogens is 2. The van der Waals surface area contributed by atoms with Gasteiger partial charge in [-0.15, -0.1) is 0 Å². The number of alkyl halides is 2. The van der Waals surface area contributed by atoms with Crippen molar-refractivity contribution in [2.75, 3.05) is 6.61 Å². The number of aliphatic hydroxyl groups is 2. The molecule has 0 spiro atoms. The quantitative estimate of drug-likeness (QED) is 0.296. The molecule has 0 saturated carbocycles. The van der Waals surface area contributed by atoms with Crippen molar-refractivity contribution in [1.82, 2.24) is 14.9 Å². The van der Waals surface area contributed by atoms with E-state index in [1.165, 1.54) is 16.7 Å². The second kappa shape index (κ2) is 9.63. The standard InChI is InChI=1S/C30H30F3N3O6/c1-4-30(41)17-9-21-24-15(11-36(21)25(38)16(17)12-42-28(30)40)23-19(35-27(39)29(3,7-8-37)26(32)33)6-5-14-13(2)18(31)10-20(34-24)22(14)23/h9-10,19,26,37,41H,4-8,11-12H2,1-3H3,(H,35,39)/t19-,29?,30-/m0/s1. The number of fused-ring (bicyclic) bond motifs is 5. The summed E-state index contributed by atoms with van der Waals surface area (Å²) < 4.78 is 49.7. The summed E-state index contributed by atoms with van der Waals surface area (Å²) in [5.74, 6) is -2.27. The molecule has 3 aromatic rings. The van der Waals surface area contributed by atoms with Crippen LogP contribution in [0.15, 0.2) is 16.9 Å². The summed E-state index contributed by atoms with van der Waals surface area (Å²) in [6.45, 7) is 3.45. The summed E-state index contributed by atoms with van der Waals surface area (Å²) >= 11 is 0. The molecule has 42 heavy (non-hydrogen) atoms. The lowest BCUT2D eigenvalue weighted by Crippen LogP contribution is -2.46. The Morgan fingerprint density at radius 1 is 1.29 bits per heavy atom. The van der Waals surface area contributed by atoms with Crippen LogP contribution in [0.2, 0.25) is 0 Å². The molecule has 1 unspecified atom stereocenters. The molecule has 4 heterocycles. The Morgan fingerprint density at radius 3 is 2.69 bits per heavy atom. The molecular weight excluding hydrogens is 555 g/mol. The monoisotopic (exact) mass is 585 g/mol. The number of halogens is 3. The first-order chi connectivity index (χ1) is 19.9. The van der Waals surface area contributed by atoms with Gasteiger partial charge in [-0.1, -0.05) is 6.92 Å². The summed E-state index contributed by atoms with van der Waals surface area (Å²) in [5.41, 5.74) is -1.26. The van der Waals surface area contributed by atoms with Crippen LogP contribution < -0.4 is 10.9 Å². The fourth-order valence-corrected chi connectivity index (χ4v) is 6.58. The van der Waals surface area contributed by atoms with Crippen LogP contribution in [-0.2, 0) is 39.5 Å². The van der Waals surface area contributed by atoms with Crippen LogP contribution in [0.5, 0.6) is 0 Å². The number of aryl methyl sites for hydroxylation is 1. The molecule has 0 fully saturated rings. The highest BCUT2D eigenvalue weighted by Gasteiger charge is 2.47. The van der Waals surface area contributed by atoms with Crippen molar-refractivity contribution >= 4 is 22.8 Å². The number of amides is 1. The van der Waals surface area contributed by atoms with Gasteiger partial charge >= 0.3 is 5.97 Å². The van der Waals surface area contributed by atoms with Crippen molar-refractivity contribution < 1.29 is 37.7 Å². The lowest BCUT2D eigenvalue weighted by Gasteiger charge is -2.33. The number of rotatable bonds is 6. The maximum atomic E-state index is 15.1. The zero-order chi connectivity index (χ0) is 30.3. The maximum Gasteiger partial charge on any atom is 0.343 e. The second-order valence-corrected chi connectivity index (χ2v) is 11.6. The number of hydrogen-bond acceptors (Lipinski definition) is 7. The topological polar surface area (TPSA) is 131 Å². The Hall–Kier alpha value is -3.77. The van der Waals surface area contributed by atoms with Crippen molar-refractivity contribution in [1.29, 1.82) is 0 Å². The number of nitrogens with zero attached hydrogens (tertiary/aromatic N) is 2. The van der Waals surface area contributed by atoms with E-state index >= 15 is 4.39 Å². The third-order valence-electron chi connectivity index (χ3n) is 9.31. The summed E-state index contributed by atoms with van der Waals surface area (Å²) in [7, 11) is 0.